The molecule has 31 heavy (non-hydrogen) atoms. The van der Waals surface area contributed by atoms with Gasteiger partial charge in [0.2, 0.25) is 5.91 Å². The average molecular weight is 496 g/mol. The van der Waals surface area contributed by atoms with E-state index in [4.69, 9.17) is 23.2 Å². The lowest BCUT2D eigenvalue weighted by Crippen LogP contribution is -2.14. The van der Waals surface area contributed by atoms with Crippen LogP contribution in [0.2, 0.25) is 10.0 Å². The van der Waals surface area contributed by atoms with Crippen molar-refractivity contribution in [2.24, 2.45) is 5.92 Å². The Hall–Kier alpha value is -1.54. The monoisotopic (exact) mass is 494 g/mol. The molecule has 1 aliphatic carbocycles. The summed E-state index contributed by atoms with van der Waals surface area (Å²) in [7, 11) is 0. The van der Waals surface area contributed by atoms with Gasteiger partial charge in [0.15, 0.2) is 11.0 Å². The highest BCUT2D eigenvalue weighted by atomic mass is 35.5. The van der Waals surface area contributed by atoms with Crippen molar-refractivity contribution in [3.63, 3.8) is 0 Å². The summed E-state index contributed by atoms with van der Waals surface area (Å²) in [5.74, 6) is 1.77. The van der Waals surface area contributed by atoms with E-state index in [-0.39, 0.29) is 11.7 Å². The third-order valence-corrected chi connectivity index (χ3v) is 8.10. The van der Waals surface area contributed by atoms with Gasteiger partial charge in [0.25, 0.3) is 0 Å². The Morgan fingerprint density at radius 1 is 1.32 bits per heavy atom. The van der Waals surface area contributed by atoms with Crippen LogP contribution in [0.1, 0.15) is 37.1 Å². The summed E-state index contributed by atoms with van der Waals surface area (Å²) in [4.78, 5) is 13.9. The Labute approximate surface area is 200 Å². The molecule has 0 saturated heterocycles. The minimum Gasteiger partial charge on any atom is -0.325 e. The standard InChI is InChI=1S/C22H24Cl2N4OS2/c1-3-8-28-21(16-11-30-19-9-13(2)4-6-15(16)19)26-27-22(28)31-12-20(29)25-14-5-7-17(23)18(24)10-14/h5,7,10-11,13H,3-4,6,8-9,12H2,1-2H3,(H,25,29). The van der Waals surface area contributed by atoms with E-state index in [9.17, 15) is 4.79 Å². The maximum atomic E-state index is 12.4. The summed E-state index contributed by atoms with van der Waals surface area (Å²) >= 11 is 15.2. The van der Waals surface area contributed by atoms with E-state index in [0.717, 1.165) is 42.7 Å². The van der Waals surface area contributed by atoms with Gasteiger partial charge in [-0.15, -0.1) is 21.5 Å². The molecule has 1 unspecified atom stereocenters. The van der Waals surface area contributed by atoms with Crippen LogP contribution in [0.5, 0.6) is 0 Å². The molecule has 1 amide bonds. The van der Waals surface area contributed by atoms with Crippen molar-refractivity contribution in [2.75, 3.05) is 11.1 Å². The minimum atomic E-state index is -0.127. The van der Waals surface area contributed by atoms with Crippen molar-refractivity contribution >= 4 is 57.9 Å². The number of halogens is 2. The molecule has 1 aromatic carbocycles. The summed E-state index contributed by atoms with van der Waals surface area (Å²) in [5.41, 5.74) is 3.26. The SMILES string of the molecule is CCCn1c(SCC(=O)Nc2ccc(Cl)c(Cl)c2)nnc1-c1csc2c1CCC(C)C2. The van der Waals surface area contributed by atoms with Crippen LogP contribution in [0.4, 0.5) is 5.69 Å². The molecule has 1 aliphatic rings. The predicted molar refractivity (Wildman–Crippen MR) is 131 cm³/mol. The first-order valence-corrected chi connectivity index (χ1v) is 13.0. The maximum absolute atomic E-state index is 12.4. The summed E-state index contributed by atoms with van der Waals surface area (Å²) in [6, 6.07) is 5.04. The zero-order valence-electron chi connectivity index (χ0n) is 17.5. The van der Waals surface area contributed by atoms with E-state index >= 15 is 0 Å². The van der Waals surface area contributed by atoms with Crippen LogP contribution in [0.15, 0.2) is 28.7 Å². The number of carbonyl (C=O) groups is 1. The summed E-state index contributed by atoms with van der Waals surface area (Å²) in [6.45, 7) is 5.28. The molecule has 9 heteroatoms. The van der Waals surface area contributed by atoms with Crippen LogP contribution in [0.3, 0.4) is 0 Å². The Balaban J connectivity index is 1.49. The van der Waals surface area contributed by atoms with E-state index < -0.39 is 0 Å². The second kappa shape index (κ2) is 9.94. The lowest BCUT2D eigenvalue weighted by Gasteiger charge is -2.19. The fraction of sp³-hybridized carbons (Fsp3) is 0.409. The van der Waals surface area contributed by atoms with Crippen molar-refractivity contribution in [3.8, 4) is 11.4 Å². The number of rotatable bonds is 7. The number of carbonyl (C=O) groups excluding carboxylic acids is 1. The van der Waals surface area contributed by atoms with E-state index in [1.807, 2.05) is 11.3 Å². The highest BCUT2D eigenvalue weighted by molar-refractivity contribution is 7.99. The molecule has 5 nitrogen and oxygen atoms in total. The van der Waals surface area contributed by atoms with Gasteiger partial charge in [-0.1, -0.05) is 48.8 Å². The summed E-state index contributed by atoms with van der Waals surface area (Å²) in [5, 5.41) is 15.7. The molecule has 0 spiro atoms. The smallest absolute Gasteiger partial charge is 0.234 e. The number of anilines is 1. The van der Waals surface area contributed by atoms with Crippen LogP contribution < -0.4 is 5.32 Å². The molecule has 1 N–H and O–H groups in total. The van der Waals surface area contributed by atoms with Gasteiger partial charge in [0, 0.05) is 28.1 Å². The van der Waals surface area contributed by atoms with E-state index in [2.05, 4.69) is 39.3 Å². The van der Waals surface area contributed by atoms with Gasteiger partial charge in [-0.2, -0.15) is 0 Å². The highest BCUT2D eigenvalue weighted by Crippen LogP contribution is 2.38. The number of thioether (sulfide) groups is 1. The molecular formula is C22H24Cl2N4OS2. The molecule has 2 heterocycles. The number of aromatic nitrogens is 3. The molecule has 0 bridgehead atoms. The maximum Gasteiger partial charge on any atom is 0.234 e. The van der Waals surface area contributed by atoms with Crippen molar-refractivity contribution in [2.45, 2.75) is 51.2 Å². The van der Waals surface area contributed by atoms with Crippen molar-refractivity contribution in [3.05, 3.63) is 44.1 Å². The lowest BCUT2D eigenvalue weighted by atomic mass is 9.88. The van der Waals surface area contributed by atoms with Crippen molar-refractivity contribution < 1.29 is 4.79 Å². The number of nitrogens with zero attached hydrogens (tertiary/aromatic N) is 3. The first-order valence-electron chi connectivity index (χ1n) is 10.4. The van der Waals surface area contributed by atoms with Gasteiger partial charge in [-0.05, 0) is 55.4 Å². The quantitative estimate of drug-likeness (QED) is 0.376. The van der Waals surface area contributed by atoms with Gasteiger partial charge in [0.1, 0.15) is 0 Å². The number of amides is 1. The van der Waals surface area contributed by atoms with Crippen LogP contribution in [-0.4, -0.2) is 26.4 Å². The minimum absolute atomic E-state index is 0.127. The first kappa shape index (κ1) is 22.6. The van der Waals surface area contributed by atoms with Gasteiger partial charge in [-0.25, -0.2) is 0 Å². The molecule has 4 rings (SSSR count). The zero-order valence-corrected chi connectivity index (χ0v) is 20.6. The second-order valence-corrected chi connectivity index (χ2v) is 10.5. The fourth-order valence-corrected chi connectivity index (χ4v) is 6.09. The Morgan fingerprint density at radius 2 is 2.16 bits per heavy atom. The molecular weight excluding hydrogens is 471 g/mol. The van der Waals surface area contributed by atoms with E-state index in [1.165, 1.54) is 34.2 Å². The van der Waals surface area contributed by atoms with Gasteiger partial charge in [0.05, 0.1) is 15.8 Å². The van der Waals surface area contributed by atoms with Crippen molar-refractivity contribution in [1.82, 2.24) is 14.8 Å². The fourth-order valence-electron chi connectivity index (χ4n) is 3.79. The summed E-state index contributed by atoms with van der Waals surface area (Å²) in [6.07, 6.45) is 4.44. The largest absolute Gasteiger partial charge is 0.325 e. The molecule has 0 radical (unpaired) electrons. The summed E-state index contributed by atoms with van der Waals surface area (Å²) < 4.78 is 2.15. The van der Waals surface area contributed by atoms with Crippen LogP contribution in [-0.2, 0) is 24.2 Å². The second-order valence-electron chi connectivity index (χ2n) is 7.82. The van der Waals surface area contributed by atoms with Crippen LogP contribution in [0.25, 0.3) is 11.4 Å². The molecule has 3 aromatic rings. The number of thiophene rings is 1. The zero-order chi connectivity index (χ0) is 22.0. The molecule has 0 saturated carbocycles. The van der Waals surface area contributed by atoms with Crippen molar-refractivity contribution in [1.29, 1.82) is 0 Å². The number of fused-ring (bicyclic) bond motifs is 1. The normalized spacial score (nSPS) is 15.7. The Bertz CT molecular complexity index is 1100. The Morgan fingerprint density at radius 3 is 2.94 bits per heavy atom. The lowest BCUT2D eigenvalue weighted by molar-refractivity contribution is -0.113. The number of hydrogen-bond donors (Lipinski definition) is 1. The highest BCUT2D eigenvalue weighted by Gasteiger charge is 2.24. The topological polar surface area (TPSA) is 59.8 Å². The predicted octanol–water partition coefficient (Wildman–Crippen LogP) is 6.58. The molecule has 0 fully saturated rings. The van der Waals surface area contributed by atoms with Gasteiger partial charge < -0.3 is 9.88 Å². The van der Waals surface area contributed by atoms with Gasteiger partial charge in [-0.3, -0.25) is 4.79 Å². The first-order chi connectivity index (χ1) is 15.0. The number of nitrogens with one attached hydrogen (secondary N) is 1. The molecule has 164 valence electrons. The van der Waals surface area contributed by atoms with Crippen LogP contribution >= 0.6 is 46.3 Å². The van der Waals surface area contributed by atoms with E-state index in [1.54, 1.807) is 18.2 Å². The third-order valence-electron chi connectivity index (χ3n) is 5.34. The van der Waals surface area contributed by atoms with Crippen LogP contribution in [0, 0.1) is 5.92 Å². The van der Waals surface area contributed by atoms with Gasteiger partial charge >= 0.3 is 0 Å². The van der Waals surface area contributed by atoms with E-state index in [0.29, 0.717) is 15.7 Å². The average Bonchev–Trinajstić information content (AvgIpc) is 3.33. The molecule has 1 atom stereocenters. The number of benzene rings is 1. The third kappa shape index (κ3) is 5.11. The molecule has 0 aliphatic heterocycles. The number of hydrogen-bond acceptors (Lipinski definition) is 5. The molecule has 2 aromatic heterocycles. The Kier molecular flexibility index (Phi) is 7.26.